The molecule has 0 aliphatic rings. The summed E-state index contributed by atoms with van der Waals surface area (Å²) < 4.78 is 0. The fourth-order valence-electron chi connectivity index (χ4n) is 3.21. The first-order chi connectivity index (χ1) is 10.4. The number of hydrogen-bond donors (Lipinski definition) is 0. The quantitative estimate of drug-likeness (QED) is 0.634. The van der Waals surface area contributed by atoms with Gasteiger partial charge in [0.1, 0.15) is 0 Å². The fourth-order valence-corrected chi connectivity index (χ4v) is 3.57. The first-order valence-corrected chi connectivity index (χ1v) is 8.93. The molecule has 0 heterocycles. The summed E-state index contributed by atoms with van der Waals surface area (Å²) in [5, 5.41) is 1.29. The van der Waals surface area contributed by atoms with E-state index in [1.54, 1.807) is 0 Å². The predicted octanol–water partition coefficient (Wildman–Crippen LogP) is 5.56. The van der Waals surface area contributed by atoms with Crippen LogP contribution in [0.4, 0.5) is 0 Å². The predicted molar refractivity (Wildman–Crippen MR) is 103 cm³/mol. The summed E-state index contributed by atoms with van der Waals surface area (Å²) in [5.74, 6) is 1.34. The molecule has 0 N–H and O–H groups in total. The van der Waals surface area contributed by atoms with Gasteiger partial charge in [0.2, 0.25) is 0 Å². The van der Waals surface area contributed by atoms with Crippen molar-refractivity contribution in [3.8, 4) is 11.1 Å². The van der Waals surface area contributed by atoms with Gasteiger partial charge >= 0.3 is 0 Å². The SMILES string of the molecule is Cc1cc(CC(C)C)c(-c2ccccc2P)c(CC(C)C)c1. The maximum Gasteiger partial charge on any atom is -0.0107 e. The molecule has 22 heavy (non-hydrogen) atoms. The molecule has 118 valence electrons. The summed E-state index contributed by atoms with van der Waals surface area (Å²) >= 11 is 0. The van der Waals surface area contributed by atoms with Crippen LogP contribution in [-0.4, -0.2) is 0 Å². The highest BCUT2D eigenvalue weighted by atomic mass is 31.0. The van der Waals surface area contributed by atoms with Crippen molar-refractivity contribution in [2.75, 3.05) is 0 Å². The van der Waals surface area contributed by atoms with Crippen molar-refractivity contribution in [2.24, 2.45) is 11.8 Å². The minimum absolute atomic E-state index is 0.670. The van der Waals surface area contributed by atoms with Gasteiger partial charge in [-0.25, -0.2) is 0 Å². The van der Waals surface area contributed by atoms with Crippen LogP contribution < -0.4 is 5.30 Å². The molecule has 2 aromatic rings. The van der Waals surface area contributed by atoms with Crippen LogP contribution in [-0.2, 0) is 12.8 Å². The van der Waals surface area contributed by atoms with Crippen LogP contribution >= 0.6 is 9.24 Å². The Labute approximate surface area is 138 Å². The summed E-state index contributed by atoms with van der Waals surface area (Å²) in [6, 6.07) is 13.5. The normalized spacial score (nSPS) is 11.5. The zero-order chi connectivity index (χ0) is 16.3. The summed E-state index contributed by atoms with van der Waals surface area (Å²) in [6.45, 7) is 11.5. The summed E-state index contributed by atoms with van der Waals surface area (Å²) in [4.78, 5) is 0. The van der Waals surface area contributed by atoms with Gasteiger partial charge < -0.3 is 0 Å². The van der Waals surface area contributed by atoms with Crippen molar-refractivity contribution >= 4 is 14.5 Å². The molecular formula is C21H29P. The van der Waals surface area contributed by atoms with Gasteiger partial charge in [0, 0.05) is 0 Å². The maximum atomic E-state index is 2.91. The van der Waals surface area contributed by atoms with Gasteiger partial charge in [-0.3, -0.25) is 0 Å². The lowest BCUT2D eigenvalue weighted by Gasteiger charge is -2.20. The number of rotatable bonds is 5. The third-order valence-corrected chi connectivity index (χ3v) is 4.44. The second-order valence-corrected chi connectivity index (χ2v) is 7.86. The average Bonchev–Trinajstić information content (AvgIpc) is 2.38. The Balaban J connectivity index is 2.68. The molecule has 0 aliphatic carbocycles. The van der Waals surface area contributed by atoms with E-state index in [1.807, 2.05) is 0 Å². The molecule has 0 aromatic heterocycles. The molecule has 0 bridgehead atoms. The topological polar surface area (TPSA) is 0 Å². The van der Waals surface area contributed by atoms with Crippen LogP contribution in [0, 0.1) is 18.8 Å². The molecule has 1 heteroatoms. The molecular weight excluding hydrogens is 283 g/mol. The van der Waals surface area contributed by atoms with E-state index in [0.29, 0.717) is 11.8 Å². The Morgan fingerprint density at radius 3 is 1.82 bits per heavy atom. The first-order valence-electron chi connectivity index (χ1n) is 8.35. The minimum Gasteiger partial charge on any atom is -0.105 e. The van der Waals surface area contributed by atoms with E-state index in [1.165, 1.54) is 33.1 Å². The smallest absolute Gasteiger partial charge is 0.0107 e. The lowest BCUT2D eigenvalue weighted by molar-refractivity contribution is 0.637. The second kappa shape index (κ2) is 7.42. The van der Waals surface area contributed by atoms with E-state index in [0.717, 1.165) is 12.8 Å². The highest BCUT2D eigenvalue weighted by molar-refractivity contribution is 7.28. The van der Waals surface area contributed by atoms with Crippen LogP contribution in [0.25, 0.3) is 11.1 Å². The first kappa shape index (κ1) is 17.2. The molecule has 0 saturated carbocycles. The van der Waals surface area contributed by atoms with Crippen LogP contribution in [0.5, 0.6) is 0 Å². The van der Waals surface area contributed by atoms with E-state index in [4.69, 9.17) is 0 Å². The highest BCUT2D eigenvalue weighted by Gasteiger charge is 2.15. The lowest BCUT2D eigenvalue weighted by Crippen LogP contribution is -2.07. The van der Waals surface area contributed by atoms with Crippen molar-refractivity contribution < 1.29 is 0 Å². The molecule has 1 atom stereocenters. The molecule has 0 aliphatic heterocycles. The third kappa shape index (κ3) is 4.20. The van der Waals surface area contributed by atoms with Crippen LogP contribution in [0.3, 0.4) is 0 Å². The van der Waals surface area contributed by atoms with E-state index in [2.05, 4.69) is 80.3 Å². The van der Waals surface area contributed by atoms with E-state index >= 15 is 0 Å². The minimum atomic E-state index is 0.670. The Morgan fingerprint density at radius 2 is 1.36 bits per heavy atom. The lowest BCUT2D eigenvalue weighted by atomic mass is 9.85. The van der Waals surface area contributed by atoms with Crippen molar-refractivity contribution in [3.05, 3.63) is 53.1 Å². The van der Waals surface area contributed by atoms with Gasteiger partial charge in [-0.1, -0.05) is 69.7 Å². The molecule has 0 saturated heterocycles. The molecule has 2 rings (SSSR count). The van der Waals surface area contributed by atoms with Gasteiger partial charge in [0.05, 0.1) is 0 Å². The van der Waals surface area contributed by atoms with E-state index in [9.17, 15) is 0 Å². The third-order valence-electron chi connectivity index (χ3n) is 3.93. The number of aryl methyl sites for hydroxylation is 1. The van der Waals surface area contributed by atoms with Gasteiger partial charge in [-0.05, 0) is 59.2 Å². The van der Waals surface area contributed by atoms with Crippen molar-refractivity contribution in [1.29, 1.82) is 0 Å². The molecule has 0 fully saturated rings. The van der Waals surface area contributed by atoms with E-state index < -0.39 is 0 Å². The zero-order valence-electron chi connectivity index (χ0n) is 14.6. The largest absolute Gasteiger partial charge is 0.105 e. The monoisotopic (exact) mass is 312 g/mol. The van der Waals surface area contributed by atoms with Crippen LogP contribution in [0.15, 0.2) is 36.4 Å². The molecule has 0 spiro atoms. The summed E-state index contributed by atoms with van der Waals surface area (Å²) in [7, 11) is 2.91. The van der Waals surface area contributed by atoms with Crippen molar-refractivity contribution in [1.82, 2.24) is 0 Å². The van der Waals surface area contributed by atoms with Gasteiger partial charge in [0.25, 0.3) is 0 Å². The zero-order valence-corrected chi connectivity index (χ0v) is 15.8. The average molecular weight is 312 g/mol. The molecule has 0 radical (unpaired) electrons. The van der Waals surface area contributed by atoms with Crippen molar-refractivity contribution in [2.45, 2.75) is 47.5 Å². The van der Waals surface area contributed by atoms with Gasteiger partial charge in [0.15, 0.2) is 0 Å². The number of benzene rings is 2. The van der Waals surface area contributed by atoms with E-state index in [-0.39, 0.29) is 0 Å². The van der Waals surface area contributed by atoms with Crippen LogP contribution in [0.1, 0.15) is 44.4 Å². The van der Waals surface area contributed by atoms with Crippen LogP contribution in [0.2, 0.25) is 0 Å². The Kier molecular flexibility index (Phi) is 5.81. The molecule has 0 amide bonds. The summed E-state index contributed by atoms with van der Waals surface area (Å²) in [6.07, 6.45) is 2.28. The Hall–Kier alpha value is -1.13. The van der Waals surface area contributed by atoms with Gasteiger partial charge in [-0.15, -0.1) is 9.24 Å². The van der Waals surface area contributed by atoms with Crippen molar-refractivity contribution in [3.63, 3.8) is 0 Å². The highest BCUT2D eigenvalue weighted by Crippen LogP contribution is 2.32. The standard InChI is InChI=1S/C21H29P/c1-14(2)10-17-12-16(5)13-18(11-15(3)4)21(17)19-8-6-7-9-20(19)22/h6-9,12-15H,10-11,22H2,1-5H3. The Bertz CT molecular complexity index is 607. The summed E-state index contributed by atoms with van der Waals surface area (Å²) in [5.41, 5.74) is 7.23. The maximum absolute atomic E-state index is 2.91. The number of hydrogen-bond acceptors (Lipinski definition) is 0. The van der Waals surface area contributed by atoms with Gasteiger partial charge in [-0.2, -0.15) is 0 Å². The second-order valence-electron chi connectivity index (χ2n) is 7.24. The fraction of sp³-hybridized carbons (Fsp3) is 0.429. The Morgan fingerprint density at radius 1 is 0.864 bits per heavy atom. The molecule has 2 aromatic carbocycles. The molecule has 1 unspecified atom stereocenters. The molecule has 0 nitrogen and oxygen atoms in total.